The first kappa shape index (κ1) is 24.1. The lowest BCUT2D eigenvalue weighted by molar-refractivity contribution is 0.0288. The maximum absolute atomic E-state index is 12.8. The lowest BCUT2D eigenvalue weighted by Gasteiger charge is -2.36. The summed E-state index contributed by atoms with van der Waals surface area (Å²) in [5.41, 5.74) is -0.0625. The predicted octanol–water partition coefficient (Wildman–Crippen LogP) is 3.16. The Labute approximate surface area is 210 Å². The van der Waals surface area contributed by atoms with Crippen molar-refractivity contribution in [1.82, 2.24) is 29.9 Å². The fraction of sp³-hybridized carbons (Fsp3) is 0.560. The van der Waals surface area contributed by atoms with E-state index in [2.05, 4.69) is 33.2 Å². The van der Waals surface area contributed by atoms with Crippen LogP contribution in [0.5, 0.6) is 0 Å². The molecule has 0 aromatic carbocycles. The number of anilines is 1. The lowest BCUT2D eigenvalue weighted by atomic mass is 9.80. The standard InChI is InChI=1S/C25H32N8O3/c1-5-17-14-35-11-10-32(17)21-12-19(18-13-28-33(22(18)29-21)20-6-8-27-30-20)25(15-26)7-9-31(16-25)23(34)36-24(2,3)4/h6,8,12-13,17H,5,7,9-11,14,16H2,1-4H3,(H,27,30)/t17-,25?/m1/s1. The topological polar surface area (TPSA) is 125 Å². The molecule has 1 N–H and O–H groups in total. The highest BCUT2D eigenvalue weighted by molar-refractivity contribution is 5.84. The van der Waals surface area contributed by atoms with Gasteiger partial charge >= 0.3 is 6.09 Å². The molecule has 0 radical (unpaired) electrons. The van der Waals surface area contributed by atoms with E-state index in [0.29, 0.717) is 44.2 Å². The molecule has 1 unspecified atom stereocenters. The van der Waals surface area contributed by atoms with Gasteiger partial charge in [-0.1, -0.05) is 6.92 Å². The molecule has 190 valence electrons. The predicted molar refractivity (Wildman–Crippen MR) is 133 cm³/mol. The number of carbonyl (C=O) groups is 1. The summed E-state index contributed by atoms with van der Waals surface area (Å²) in [5.74, 6) is 1.46. The molecule has 2 saturated heterocycles. The van der Waals surface area contributed by atoms with Crippen molar-refractivity contribution in [2.45, 2.75) is 57.6 Å². The zero-order chi connectivity index (χ0) is 25.5. The Morgan fingerprint density at radius 3 is 2.92 bits per heavy atom. The summed E-state index contributed by atoms with van der Waals surface area (Å²) in [7, 11) is 0. The van der Waals surface area contributed by atoms with Crippen molar-refractivity contribution in [2.24, 2.45) is 0 Å². The van der Waals surface area contributed by atoms with Gasteiger partial charge in [-0.05, 0) is 45.2 Å². The van der Waals surface area contributed by atoms with Crippen LogP contribution in [-0.2, 0) is 14.9 Å². The highest BCUT2D eigenvalue weighted by Gasteiger charge is 2.45. The molecule has 3 aromatic rings. The average molecular weight is 493 g/mol. The molecule has 0 spiro atoms. The second-order valence-electron chi connectivity index (χ2n) is 10.4. The van der Waals surface area contributed by atoms with Crippen LogP contribution in [0.1, 0.15) is 46.1 Å². The molecule has 2 fully saturated rings. The van der Waals surface area contributed by atoms with E-state index >= 15 is 0 Å². The quantitative estimate of drug-likeness (QED) is 0.589. The molecule has 5 heterocycles. The zero-order valence-electron chi connectivity index (χ0n) is 21.2. The van der Waals surface area contributed by atoms with Crippen LogP contribution in [0.3, 0.4) is 0 Å². The van der Waals surface area contributed by atoms with Crippen molar-refractivity contribution in [2.75, 3.05) is 37.7 Å². The fourth-order valence-corrected chi connectivity index (χ4v) is 5.03. The molecule has 2 aliphatic rings. The molecule has 11 nitrogen and oxygen atoms in total. The largest absolute Gasteiger partial charge is 0.444 e. The number of hydrogen-bond donors (Lipinski definition) is 1. The third-order valence-electron chi connectivity index (χ3n) is 6.89. The zero-order valence-corrected chi connectivity index (χ0v) is 21.2. The Bertz CT molecular complexity index is 1290. The van der Waals surface area contributed by atoms with Gasteiger partial charge in [-0.2, -0.15) is 20.1 Å². The van der Waals surface area contributed by atoms with Crippen molar-refractivity contribution >= 4 is 22.9 Å². The molecule has 0 saturated carbocycles. The summed E-state index contributed by atoms with van der Waals surface area (Å²) in [6.07, 6.45) is 4.41. The first-order valence-electron chi connectivity index (χ1n) is 12.4. The average Bonchev–Trinajstić information content (AvgIpc) is 3.62. The summed E-state index contributed by atoms with van der Waals surface area (Å²) in [6, 6.07) is 6.57. The van der Waals surface area contributed by atoms with Gasteiger partial charge in [0.15, 0.2) is 11.5 Å². The van der Waals surface area contributed by atoms with Crippen molar-refractivity contribution in [3.63, 3.8) is 0 Å². The number of pyridine rings is 1. The van der Waals surface area contributed by atoms with E-state index in [9.17, 15) is 10.1 Å². The maximum Gasteiger partial charge on any atom is 0.410 e. The van der Waals surface area contributed by atoms with E-state index in [1.807, 2.05) is 32.9 Å². The van der Waals surface area contributed by atoms with Gasteiger partial charge in [0, 0.05) is 31.1 Å². The van der Waals surface area contributed by atoms with Gasteiger partial charge in [0.05, 0.1) is 37.7 Å². The molecular formula is C25H32N8O3. The van der Waals surface area contributed by atoms with E-state index in [0.717, 1.165) is 23.2 Å². The van der Waals surface area contributed by atoms with E-state index in [-0.39, 0.29) is 12.6 Å². The molecule has 1 amide bonds. The number of H-pyrrole nitrogens is 1. The SMILES string of the molecule is CC[C@@H]1COCCN1c1cc(C2(C#N)CCN(C(=O)OC(C)(C)C)C2)c2cnn(-c3ccn[nH]3)c2n1. The summed E-state index contributed by atoms with van der Waals surface area (Å²) in [5, 5.41) is 22.9. The van der Waals surface area contributed by atoms with Gasteiger partial charge in [0.1, 0.15) is 16.8 Å². The lowest BCUT2D eigenvalue weighted by Crippen LogP contribution is -2.45. The minimum absolute atomic E-state index is 0.181. The second-order valence-corrected chi connectivity index (χ2v) is 10.4. The number of nitrogens with one attached hydrogen (secondary N) is 1. The molecule has 2 atom stereocenters. The maximum atomic E-state index is 12.8. The number of nitriles is 1. The molecule has 2 aliphatic heterocycles. The molecule has 5 rings (SSSR count). The number of fused-ring (bicyclic) bond motifs is 1. The third kappa shape index (κ3) is 4.26. The molecular weight excluding hydrogens is 460 g/mol. The monoisotopic (exact) mass is 492 g/mol. The third-order valence-corrected chi connectivity index (χ3v) is 6.89. The number of aromatic nitrogens is 5. The minimum atomic E-state index is -0.914. The summed E-state index contributed by atoms with van der Waals surface area (Å²) in [4.78, 5) is 21.7. The van der Waals surface area contributed by atoms with Gasteiger partial charge in [-0.25, -0.2) is 9.78 Å². The Morgan fingerprint density at radius 1 is 1.39 bits per heavy atom. The van der Waals surface area contributed by atoms with Crippen LogP contribution in [-0.4, -0.2) is 80.4 Å². The van der Waals surface area contributed by atoms with Gasteiger partial charge in [-0.15, -0.1) is 0 Å². The van der Waals surface area contributed by atoms with Crippen molar-refractivity contribution in [1.29, 1.82) is 5.26 Å². The van der Waals surface area contributed by atoms with Crippen LogP contribution in [0, 0.1) is 11.3 Å². The van der Waals surface area contributed by atoms with Crippen LogP contribution >= 0.6 is 0 Å². The molecule has 3 aromatic heterocycles. The number of carbonyl (C=O) groups excluding carboxylic acids is 1. The number of ether oxygens (including phenoxy) is 2. The van der Waals surface area contributed by atoms with Crippen molar-refractivity contribution in [3.05, 3.63) is 30.1 Å². The number of hydrogen-bond acceptors (Lipinski definition) is 8. The summed E-state index contributed by atoms with van der Waals surface area (Å²) < 4.78 is 13.0. The van der Waals surface area contributed by atoms with Gasteiger partial charge in [-0.3, -0.25) is 5.10 Å². The minimum Gasteiger partial charge on any atom is -0.444 e. The van der Waals surface area contributed by atoms with Crippen molar-refractivity contribution in [3.8, 4) is 11.9 Å². The molecule has 0 aliphatic carbocycles. The summed E-state index contributed by atoms with van der Waals surface area (Å²) >= 11 is 0. The van der Waals surface area contributed by atoms with Crippen LogP contribution in [0.15, 0.2) is 24.5 Å². The molecule has 11 heteroatoms. The van der Waals surface area contributed by atoms with Crippen LogP contribution in [0.25, 0.3) is 16.9 Å². The Balaban J connectivity index is 1.62. The number of amides is 1. The van der Waals surface area contributed by atoms with Gasteiger partial charge < -0.3 is 19.3 Å². The number of aromatic amines is 1. The van der Waals surface area contributed by atoms with Crippen molar-refractivity contribution < 1.29 is 14.3 Å². The first-order chi connectivity index (χ1) is 17.2. The van der Waals surface area contributed by atoms with Gasteiger partial charge in [0.25, 0.3) is 0 Å². The Kier molecular flexibility index (Phi) is 6.08. The van der Waals surface area contributed by atoms with E-state index in [1.165, 1.54) is 0 Å². The number of morpholine rings is 1. The first-order valence-corrected chi connectivity index (χ1v) is 12.4. The van der Waals surface area contributed by atoms with E-state index in [4.69, 9.17) is 14.5 Å². The summed E-state index contributed by atoms with van der Waals surface area (Å²) in [6.45, 7) is 10.3. The van der Waals surface area contributed by atoms with Crippen LogP contribution in [0.4, 0.5) is 10.6 Å². The smallest absolute Gasteiger partial charge is 0.410 e. The number of rotatable bonds is 4. The highest BCUT2D eigenvalue weighted by atomic mass is 16.6. The normalized spacial score (nSPS) is 22.7. The van der Waals surface area contributed by atoms with Gasteiger partial charge in [0.2, 0.25) is 0 Å². The van der Waals surface area contributed by atoms with Crippen LogP contribution in [0.2, 0.25) is 0 Å². The number of likely N-dealkylation sites (tertiary alicyclic amines) is 1. The van der Waals surface area contributed by atoms with Crippen LogP contribution < -0.4 is 4.90 Å². The fourth-order valence-electron chi connectivity index (χ4n) is 5.03. The van der Waals surface area contributed by atoms with E-state index < -0.39 is 17.1 Å². The Morgan fingerprint density at radius 2 is 2.22 bits per heavy atom. The Hall–Kier alpha value is -3.65. The highest BCUT2D eigenvalue weighted by Crippen LogP contribution is 2.40. The number of nitrogens with zero attached hydrogens (tertiary/aromatic N) is 7. The van der Waals surface area contributed by atoms with E-state index in [1.54, 1.807) is 22.0 Å². The second kappa shape index (κ2) is 9.09. The molecule has 36 heavy (non-hydrogen) atoms. The molecule has 0 bridgehead atoms.